The predicted molar refractivity (Wildman–Crippen MR) is 58.5 cm³/mol. The Hall–Kier alpha value is -0.0900. The van der Waals surface area contributed by atoms with Crippen LogP contribution in [0.4, 0.5) is 0 Å². The number of hydrogen-bond donors (Lipinski definition) is 1. The molecule has 3 rings (SSSR count). The van der Waals surface area contributed by atoms with E-state index in [1.807, 2.05) is 18.2 Å². The number of nitrogens with zero attached hydrogens (tertiary/aromatic N) is 1. The van der Waals surface area contributed by atoms with Gasteiger partial charge in [-0.1, -0.05) is 0 Å². The second-order valence-corrected chi connectivity index (χ2v) is 7.44. The average Bonchev–Trinajstić information content (AvgIpc) is 2.19. The highest BCUT2D eigenvalue weighted by molar-refractivity contribution is 7.90. The lowest BCUT2D eigenvalue weighted by molar-refractivity contribution is 0.123. The van der Waals surface area contributed by atoms with Gasteiger partial charge in [0.2, 0.25) is 0 Å². The number of rotatable bonds is 2. The van der Waals surface area contributed by atoms with Gasteiger partial charge in [-0.3, -0.25) is 0 Å². The Bertz CT molecular complexity index is 302. The molecule has 0 radical (unpaired) electrons. The first-order valence-electron chi connectivity index (χ1n) is 5.56. The third-order valence-corrected chi connectivity index (χ3v) is 6.07. The van der Waals surface area contributed by atoms with Gasteiger partial charge < -0.3 is 0 Å². The minimum Gasteiger partial charge on any atom is -0.240 e. The minimum atomic E-state index is -2.50. The summed E-state index contributed by atoms with van der Waals surface area (Å²) in [5.74, 6) is 0.713. The van der Waals surface area contributed by atoms with Gasteiger partial charge >= 0.3 is 0 Å². The van der Waals surface area contributed by atoms with Crippen molar-refractivity contribution in [1.29, 1.82) is 4.78 Å². The number of hydrogen-bond acceptors (Lipinski definition) is 2. The fourth-order valence-corrected chi connectivity index (χ4v) is 4.25. The Morgan fingerprint density at radius 1 is 1.29 bits per heavy atom. The second kappa shape index (κ2) is 3.49. The first-order valence-corrected chi connectivity index (χ1v) is 7.14. The summed E-state index contributed by atoms with van der Waals surface area (Å²) >= 11 is 0. The van der Waals surface area contributed by atoms with Crippen LogP contribution in [0.5, 0.6) is 0 Å². The van der Waals surface area contributed by atoms with Gasteiger partial charge in [0.1, 0.15) is 9.92 Å². The summed E-state index contributed by atoms with van der Waals surface area (Å²) in [6, 6.07) is 0.437. The number of piperidine rings is 2. The molecule has 1 N–H and O–H groups in total. The molecule has 2 bridgehead atoms. The summed E-state index contributed by atoms with van der Waals surface area (Å²) in [6.45, 7) is 4.71. The van der Waals surface area contributed by atoms with Gasteiger partial charge in [-0.25, -0.2) is 13.3 Å². The van der Waals surface area contributed by atoms with E-state index in [-0.39, 0.29) is 5.25 Å². The molecule has 0 aromatic rings. The summed E-state index contributed by atoms with van der Waals surface area (Å²) in [4.78, 5) is 0. The summed E-state index contributed by atoms with van der Waals surface area (Å²) in [7, 11) is -2.50. The maximum atomic E-state index is 12.2. The third kappa shape index (κ3) is 1.58. The van der Waals surface area contributed by atoms with Crippen molar-refractivity contribution in [2.24, 2.45) is 5.92 Å². The third-order valence-electron chi connectivity index (χ3n) is 3.65. The van der Waals surface area contributed by atoms with Crippen molar-refractivity contribution in [2.75, 3.05) is 6.54 Å². The van der Waals surface area contributed by atoms with Crippen LogP contribution in [-0.4, -0.2) is 26.4 Å². The predicted octanol–water partition coefficient (Wildman–Crippen LogP) is 2.23. The van der Waals surface area contributed by atoms with Gasteiger partial charge in [0.25, 0.3) is 0 Å². The summed E-state index contributed by atoms with van der Waals surface area (Å²) in [5, 5.41) is -0.0400. The van der Waals surface area contributed by atoms with Crippen molar-refractivity contribution < 1.29 is 4.21 Å². The topological polar surface area (TPSA) is 44.2 Å². The van der Waals surface area contributed by atoms with Crippen LogP contribution in [0, 0.1) is 10.7 Å². The molecule has 4 heteroatoms. The van der Waals surface area contributed by atoms with Gasteiger partial charge in [-0.2, -0.15) is 0 Å². The molecule has 14 heavy (non-hydrogen) atoms. The number of nitrogens with one attached hydrogen (secondary N) is 1. The Morgan fingerprint density at radius 2 is 1.86 bits per heavy atom. The Kier molecular flexibility index (Phi) is 2.60. The van der Waals surface area contributed by atoms with Gasteiger partial charge in [-0.05, 0) is 45.4 Å². The Labute approximate surface area is 87.0 Å². The largest absolute Gasteiger partial charge is 0.240 e. The van der Waals surface area contributed by atoms with Gasteiger partial charge in [0.15, 0.2) is 0 Å². The average molecular weight is 216 g/mol. The normalized spacial score (nSPS) is 37.4. The molecule has 1 saturated carbocycles. The van der Waals surface area contributed by atoms with Crippen LogP contribution >= 0.6 is 0 Å². The molecule has 3 fully saturated rings. The van der Waals surface area contributed by atoms with Crippen LogP contribution in [0.3, 0.4) is 0 Å². The van der Waals surface area contributed by atoms with Crippen molar-refractivity contribution in [3.63, 3.8) is 0 Å². The van der Waals surface area contributed by atoms with E-state index in [0.29, 0.717) is 12.0 Å². The fourth-order valence-electron chi connectivity index (χ4n) is 2.62. The van der Waals surface area contributed by atoms with Crippen molar-refractivity contribution >= 4 is 9.92 Å². The lowest BCUT2D eigenvalue weighted by atomic mass is 9.82. The highest BCUT2D eigenvalue weighted by atomic mass is 32.2. The molecular formula is C10H20N2OS. The monoisotopic (exact) mass is 216 g/mol. The van der Waals surface area contributed by atoms with E-state index < -0.39 is 9.92 Å². The van der Waals surface area contributed by atoms with Crippen LogP contribution in [0.1, 0.15) is 39.5 Å². The second-order valence-electron chi connectivity index (χ2n) is 4.89. The molecular weight excluding hydrogens is 196 g/mol. The van der Waals surface area contributed by atoms with Crippen LogP contribution in [-0.2, 0) is 9.92 Å². The Morgan fingerprint density at radius 3 is 2.21 bits per heavy atom. The van der Waals surface area contributed by atoms with E-state index in [4.69, 9.17) is 4.78 Å². The van der Waals surface area contributed by atoms with Gasteiger partial charge in [0, 0.05) is 12.6 Å². The smallest absolute Gasteiger partial charge is 0.110 e. The van der Waals surface area contributed by atoms with Gasteiger partial charge in [-0.15, -0.1) is 0 Å². The molecule has 0 aromatic heterocycles. The van der Waals surface area contributed by atoms with E-state index >= 15 is 0 Å². The molecule has 3 nitrogen and oxygen atoms in total. The van der Waals surface area contributed by atoms with Crippen molar-refractivity contribution in [2.45, 2.75) is 50.8 Å². The molecule has 0 amide bonds. The number of fused-ring (bicyclic) bond motifs is 3. The van der Waals surface area contributed by atoms with Crippen LogP contribution in [0.15, 0.2) is 0 Å². The quantitative estimate of drug-likeness (QED) is 0.756. The van der Waals surface area contributed by atoms with Crippen LogP contribution < -0.4 is 0 Å². The molecule has 82 valence electrons. The fraction of sp³-hybridized carbons (Fsp3) is 1.00. The standard InChI is InChI=1S/C10H20N2OS/c1-8(2)14(11,13)12-7-9-3-5-10(12)6-4-9/h8-11H,3-7H2,1-2H3. The first-order chi connectivity index (χ1) is 6.51. The van der Waals surface area contributed by atoms with Gasteiger partial charge in [0.05, 0.1) is 5.25 Å². The maximum absolute atomic E-state index is 12.2. The molecule has 1 atom stereocenters. The molecule has 2 heterocycles. The summed E-state index contributed by atoms with van der Waals surface area (Å²) < 4.78 is 22.2. The zero-order valence-corrected chi connectivity index (χ0v) is 9.85. The van der Waals surface area contributed by atoms with E-state index in [1.54, 1.807) is 0 Å². The van der Waals surface area contributed by atoms with Crippen molar-refractivity contribution in [3.05, 3.63) is 0 Å². The zero-order chi connectivity index (χ0) is 10.3. The van der Waals surface area contributed by atoms with E-state index in [1.165, 1.54) is 12.8 Å². The minimum absolute atomic E-state index is 0.0400. The zero-order valence-electron chi connectivity index (χ0n) is 9.03. The Balaban J connectivity index is 2.20. The highest BCUT2D eigenvalue weighted by Crippen LogP contribution is 2.37. The lowest BCUT2D eigenvalue weighted by Crippen LogP contribution is -2.52. The van der Waals surface area contributed by atoms with Crippen molar-refractivity contribution in [1.82, 2.24) is 4.31 Å². The summed E-state index contributed by atoms with van der Waals surface area (Å²) in [6.07, 6.45) is 4.89. The molecule has 1 aliphatic carbocycles. The lowest BCUT2D eigenvalue weighted by Gasteiger charge is -2.46. The van der Waals surface area contributed by atoms with Crippen LogP contribution in [0.2, 0.25) is 0 Å². The van der Waals surface area contributed by atoms with Crippen molar-refractivity contribution in [3.8, 4) is 0 Å². The molecule has 2 saturated heterocycles. The molecule has 1 unspecified atom stereocenters. The summed E-state index contributed by atoms with van der Waals surface area (Å²) in [5.41, 5.74) is 0. The van der Waals surface area contributed by atoms with Crippen LogP contribution in [0.25, 0.3) is 0 Å². The van der Waals surface area contributed by atoms with E-state index in [0.717, 1.165) is 19.4 Å². The molecule has 2 aliphatic heterocycles. The van der Waals surface area contributed by atoms with E-state index in [9.17, 15) is 4.21 Å². The van der Waals surface area contributed by atoms with E-state index in [2.05, 4.69) is 0 Å². The molecule has 3 aliphatic rings. The maximum Gasteiger partial charge on any atom is 0.110 e. The highest BCUT2D eigenvalue weighted by Gasteiger charge is 2.39. The molecule has 0 spiro atoms. The molecule has 0 aromatic carbocycles. The first kappa shape index (κ1) is 10.4. The SMILES string of the molecule is CC(C)S(=N)(=O)N1CC2CCC1CC2.